The maximum absolute atomic E-state index is 12.8. The third kappa shape index (κ3) is 12.0. The zero-order valence-corrected chi connectivity index (χ0v) is 20.9. The molecule has 0 saturated heterocycles. The van der Waals surface area contributed by atoms with E-state index in [0.29, 0.717) is 19.1 Å². The number of pyridine rings is 1. The van der Waals surface area contributed by atoms with E-state index in [9.17, 15) is 27.6 Å². The van der Waals surface area contributed by atoms with Crippen molar-refractivity contribution in [3.05, 3.63) is 45.9 Å². The monoisotopic (exact) mass is 489 g/mol. The highest BCUT2D eigenvalue weighted by Crippen LogP contribution is 2.29. The highest BCUT2D eigenvalue weighted by Gasteiger charge is 2.33. The van der Waals surface area contributed by atoms with Crippen LogP contribution in [0.4, 0.5) is 13.2 Å². The topological polar surface area (TPSA) is 94.6 Å². The average Bonchev–Trinajstić information content (AvgIpc) is 2.72. The van der Waals surface area contributed by atoms with E-state index in [1.807, 2.05) is 27.7 Å². The molecular formula is C24H38F3N3O4. The maximum atomic E-state index is 12.8. The summed E-state index contributed by atoms with van der Waals surface area (Å²) in [6, 6.07) is 1.41. The molecule has 0 saturated carbocycles. The molecule has 7 nitrogen and oxygen atoms in total. The van der Waals surface area contributed by atoms with E-state index in [2.05, 4.69) is 18.6 Å². The highest BCUT2D eigenvalue weighted by molar-refractivity contribution is 5.77. The zero-order chi connectivity index (χ0) is 26.5. The molecule has 0 fully saturated rings. The molecular weight excluding hydrogens is 451 g/mol. The third-order valence-corrected chi connectivity index (χ3v) is 4.39. The number of alkyl halides is 3. The number of hydrogen-bond donors (Lipinski definition) is 1. The van der Waals surface area contributed by atoms with E-state index in [1.165, 1.54) is 15.9 Å². The summed E-state index contributed by atoms with van der Waals surface area (Å²) in [6.45, 7) is 12.6. The Bertz CT molecular complexity index is 858. The summed E-state index contributed by atoms with van der Waals surface area (Å²) in [5.41, 5.74) is 3.92. The van der Waals surface area contributed by atoms with Crippen molar-refractivity contribution >= 4 is 12.4 Å². The van der Waals surface area contributed by atoms with Crippen molar-refractivity contribution in [2.45, 2.75) is 91.7 Å². The van der Waals surface area contributed by atoms with Crippen LogP contribution in [0.25, 0.3) is 0 Å². The van der Waals surface area contributed by atoms with Gasteiger partial charge >= 0.3 is 6.18 Å². The van der Waals surface area contributed by atoms with Crippen LogP contribution in [0.15, 0.2) is 29.1 Å². The van der Waals surface area contributed by atoms with Crippen molar-refractivity contribution in [2.75, 3.05) is 6.54 Å². The lowest BCUT2D eigenvalue weighted by atomic mass is 10.1. The normalized spacial score (nSPS) is 14.2. The standard InChI is InChI=1S/C16H20F3N3O2.C5H10O2.C3H8/c1-2-12(20)4-3-5-14(23)21-6-7-22-13(10-21)8-11(9-15(22)24)16(17,18)19;1-5(2,3)7-4-6;1-3-2/h3-4,8-9,12H,2,5-7,10,20H2,1H3;4H,1-3H3;3H2,1-2H3/b4-3-;;/t12-;;/m0../s1. The van der Waals surface area contributed by atoms with Crippen molar-refractivity contribution in [1.29, 1.82) is 0 Å². The Hall–Kier alpha value is -2.62. The van der Waals surface area contributed by atoms with Crippen LogP contribution < -0.4 is 11.3 Å². The number of carbonyl (C=O) groups excluding carboxylic acids is 2. The van der Waals surface area contributed by atoms with Crippen molar-refractivity contribution < 1.29 is 27.5 Å². The molecule has 0 bridgehead atoms. The van der Waals surface area contributed by atoms with Crippen LogP contribution in [0, 0.1) is 0 Å². The van der Waals surface area contributed by atoms with Gasteiger partial charge < -0.3 is 19.9 Å². The van der Waals surface area contributed by atoms with Crippen LogP contribution in [-0.4, -0.2) is 40.0 Å². The predicted octanol–water partition coefficient (Wildman–Crippen LogP) is 4.27. The Morgan fingerprint density at radius 3 is 2.21 bits per heavy atom. The molecule has 194 valence electrons. The Morgan fingerprint density at radius 2 is 1.76 bits per heavy atom. The third-order valence-electron chi connectivity index (χ3n) is 4.39. The molecule has 1 atom stereocenters. The minimum atomic E-state index is -4.58. The number of nitrogens with two attached hydrogens (primary N) is 1. The summed E-state index contributed by atoms with van der Waals surface area (Å²) in [5.74, 6) is -0.203. The van der Waals surface area contributed by atoms with Gasteiger partial charge in [-0.2, -0.15) is 13.2 Å². The quantitative estimate of drug-likeness (QED) is 0.493. The molecule has 34 heavy (non-hydrogen) atoms. The molecule has 0 spiro atoms. The van der Waals surface area contributed by atoms with Gasteiger partial charge in [0.1, 0.15) is 5.60 Å². The number of amides is 1. The van der Waals surface area contributed by atoms with Gasteiger partial charge in [-0.15, -0.1) is 0 Å². The molecule has 1 aromatic rings. The molecule has 2 N–H and O–H groups in total. The summed E-state index contributed by atoms with van der Waals surface area (Å²) in [6.07, 6.45) is 0.967. The van der Waals surface area contributed by atoms with Crippen LogP contribution in [0.2, 0.25) is 0 Å². The average molecular weight is 490 g/mol. The second-order valence-corrected chi connectivity index (χ2v) is 8.78. The van der Waals surface area contributed by atoms with Crippen molar-refractivity contribution in [3.63, 3.8) is 0 Å². The predicted molar refractivity (Wildman–Crippen MR) is 126 cm³/mol. The molecule has 0 radical (unpaired) electrons. The van der Waals surface area contributed by atoms with E-state index >= 15 is 0 Å². The Kier molecular flexibility index (Phi) is 13.5. The van der Waals surface area contributed by atoms with Gasteiger partial charge in [0.05, 0.1) is 12.1 Å². The summed E-state index contributed by atoms with van der Waals surface area (Å²) < 4.78 is 44.3. The Morgan fingerprint density at radius 1 is 1.18 bits per heavy atom. The largest absolute Gasteiger partial charge is 0.462 e. The number of nitrogens with zero attached hydrogens (tertiary/aromatic N) is 2. The summed E-state index contributed by atoms with van der Waals surface area (Å²) >= 11 is 0. The highest BCUT2D eigenvalue weighted by atomic mass is 19.4. The van der Waals surface area contributed by atoms with Crippen molar-refractivity contribution in [2.24, 2.45) is 5.73 Å². The lowest BCUT2D eigenvalue weighted by Gasteiger charge is -2.30. The van der Waals surface area contributed by atoms with Gasteiger partial charge in [0.2, 0.25) is 5.91 Å². The fourth-order valence-electron chi connectivity index (χ4n) is 2.66. The Labute approximate surface area is 199 Å². The van der Waals surface area contributed by atoms with Gasteiger partial charge in [0.15, 0.2) is 0 Å². The molecule has 1 amide bonds. The number of hydrogen-bond acceptors (Lipinski definition) is 5. The number of rotatable bonds is 5. The smallest absolute Gasteiger partial charge is 0.416 e. The van der Waals surface area contributed by atoms with Crippen LogP contribution in [0.3, 0.4) is 0 Å². The number of aromatic nitrogens is 1. The van der Waals surface area contributed by atoms with Crippen LogP contribution >= 0.6 is 0 Å². The lowest BCUT2D eigenvalue weighted by molar-refractivity contribution is -0.139. The second-order valence-electron chi connectivity index (χ2n) is 8.78. The van der Waals surface area contributed by atoms with Crippen molar-refractivity contribution in [1.82, 2.24) is 9.47 Å². The van der Waals surface area contributed by atoms with Crippen LogP contribution in [0.5, 0.6) is 0 Å². The summed E-state index contributed by atoms with van der Waals surface area (Å²) in [4.78, 5) is 35.0. The maximum Gasteiger partial charge on any atom is 0.416 e. The second kappa shape index (κ2) is 14.6. The molecule has 1 aliphatic rings. The first-order valence-corrected chi connectivity index (χ1v) is 11.3. The molecule has 0 aromatic carbocycles. The van der Waals surface area contributed by atoms with Gasteiger partial charge in [-0.05, 0) is 33.3 Å². The summed E-state index contributed by atoms with van der Waals surface area (Å²) in [5, 5.41) is 0. The lowest BCUT2D eigenvalue weighted by Crippen LogP contribution is -2.42. The molecule has 0 unspecified atom stereocenters. The molecule has 2 rings (SSSR count). The van der Waals surface area contributed by atoms with Gasteiger partial charge in [-0.1, -0.05) is 39.3 Å². The first-order chi connectivity index (χ1) is 15.7. The first-order valence-electron chi connectivity index (χ1n) is 11.3. The fourth-order valence-corrected chi connectivity index (χ4v) is 2.66. The van der Waals surface area contributed by atoms with E-state index in [0.717, 1.165) is 12.5 Å². The first kappa shape index (κ1) is 31.4. The molecule has 1 aromatic heterocycles. The van der Waals surface area contributed by atoms with E-state index in [1.54, 1.807) is 12.2 Å². The van der Waals surface area contributed by atoms with Crippen molar-refractivity contribution in [3.8, 4) is 0 Å². The van der Waals surface area contributed by atoms with E-state index < -0.39 is 17.3 Å². The van der Waals surface area contributed by atoms with Gasteiger partial charge in [-0.25, -0.2) is 0 Å². The SMILES string of the molecule is CC(C)(C)OC=O.CCC.CC[C@H](N)/C=C\CC(=O)N1CCn2c(cc(C(F)(F)F)cc2=O)C1. The number of ether oxygens (including phenoxy) is 1. The minimum absolute atomic E-state index is 0.00827. The number of halogens is 3. The molecule has 10 heteroatoms. The van der Waals surface area contributed by atoms with Crippen LogP contribution in [0.1, 0.15) is 72.1 Å². The molecule has 1 aliphatic heterocycles. The van der Waals surface area contributed by atoms with Crippen LogP contribution in [-0.2, 0) is 33.6 Å². The molecule has 2 heterocycles. The van der Waals surface area contributed by atoms with Gasteiger partial charge in [0, 0.05) is 37.3 Å². The van der Waals surface area contributed by atoms with E-state index in [4.69, 9.17) is 5.73 Å². The molecule has 0 aliphatic carbocycles. The summed E-state index contributed by atoms with van der Waals surface area (Å²) in [7, 11) is 0. The Balaban J connectivity index is 0.000000920. The minimum Gasteiger partial charge on any atom is -0.462 e. The number of carbonyl (C=O) groups is 2. The van der Waals surface area contributed by atoms with E-state index in [-0.39, 0.29) is 42.8 Å². The number of fused-ring (bicyclic) bond motifs is 1. The van der Waals surface area contributed by atoms with Gasteiger partial charge in [0.25, 0.3) is 12.0 Å². The fraction of sp³-hybridized carbons (Fsp3) is 0.625. The zero-order valence-electron chi connectivity index (χ0n) is 20.9. The van der Waals surface area contributed by atoms with Gasteiger partial charge in [-0.3, -0.25) is 14.4 Å².